The van der Waals surface area contributed by atoms with Crippen molar-refractivity contribution < 1.29 is 10.0 Å². The van der Waals surface area contributed by atoms with Gasteiger partial charge in [0.05, 0.1) is 10.5 Å². The lowest BCUT2D eigenvalue weighted by Crippen LogP contribution is -2.29. The molecule has 0 heterocycles. The molecule has 0 radical (unpaired) electrons. The van der Waals surface area contributed by atoms with Gasteiger partial charge in [0.1, 0.15) is 0 Å². The van der Waals surface area contributed by atoms with E-state index in [0.29, 0.717) is 16.6 Å². The summed E-state index contributed by atoms with van der Waals surface area (Å²) >= 11 is 3.27. The van der Waals surface area contributed by atoms with Crippen molar-refractivity contribution in [2.24, 2.45) is 0 Å². The second kappa shape index (κ2) is 5.01. The van der Waals surface area contributed by atoms with Crippen LogP contribution in [0.2, 0.25) is 0 Å². The molecule has 5 nitrogen and oxygen atoms in total. The monoisotopic (exact) mass is 302 g/mol. The van der Waals surface area contributed by atoms with Crippen LogP contribution in [0, 0.1) is 17.0 Å². The van der Waals surface area contributed by atoms with E-state index in [4.69, 9.17) is 0 Å². The Hall–Kier alpha value is -1.14. The number of nitrogens with zero attached hydrogens (tertiary/aromatic N) is 1. The summed E-state index contributed by atoms with van der Waals surface area (Å²) in [7, 11) is 0. The highest BCUT2D eigenvalue weighted by atomic mass is 79.9. The van der Waals surface area contributed by atoms with Crippen LogP contribution in [0.1, 0.15) is 19.4 Å². The number of nitro benzene ring substituents is 1. The Labute approximate surface area is 108 Å². The highest BCUT2D eigenvalue weighted by Gasteiger charge is 2.16. The summed E-state index contributed by atoms with van der Waals surface area (Å²) < 4.78 is 0.610. The van der Waals surface area contributed by atoms with Crippen LogP contribution >= 0.6 is 15.9 Å². The second-order valence-electron chi connectivity index (χ2n) is 4.54. The van der Waals surface area contributed by atoms with E-state index in [-0.39, 0.29) is 5.69 Å². The molecule has 0 aliphatic carbocycles. The average Bonchev–Trinajstić information content (AvgIpc) is 2.17. The minimum Gasteiger partial charge on any atom is -0.389 e. The van der Waals surface area contributed by atoms with Gasteiger partial charge >= 0.3 is 0 Å². The molecule has 0 spiro atoms. The summed E-state index contributed by atoms with van der Waals surface area (Å²) in [5.41, 5.74) is 0.548. The van der Waals surface area contributed by atoms with Crippen molar-refractivity contribution in [2.75, 3.05) is 11.9 Å². The van der Waals surface area contributed by atoms with Gasteiger partial charge in [-0.1, -0.05) is 0 Å². The number of nitrogens with one attached hydrogen (secondary N) is 1. The van der Waals surface area contributed by atoms with Gasteiger partial charge in [-0.05, 0) is 42.8 Å². The highest BCUT2D eigenvalue weighted by Crippen LogP contribution is 2.30. The minimum absolute atomic E-state index is 0.0747. The third-order valence-electron chi connectivity index (χ3n) is 2.19. The molecule has 6 heteroatoms. The van der Waals surface area contributed by atoms with Gasteiger partial charge < -0.3 is 10.4 Å². The molecular weight excluding hydrogens is 288 g/mol. The molecule has 1 aromatic rings. The normalized spacial score (nSPS) is 11.4. The van der Waals surface area contributed by atoms with Crippen LogP contribution in [-0.4, -0.2) is 22.2 Å². The molecule has 0 aromatic heterocycles. The van der Waals surface area contributed by atoms with E-state index >= 15 is 0 Å². The smallest absolute Gasteiger partial charge is 0.273 e. The van der Waals surface area contributed by atoms with Crippen LogP contribution in [0.5, 0.6) is 0 Å². The summed E-state index contributed by atoms with van der Waals surface area (Å²) in [5.74, 6) is 0. The van der Waals surface area contributed by atoms with Crippen molar-refractivity contribution in [1.29, 1.82) is 0 Å². The molecule has 17 heavy (non-hydrogen) atoms. The molecule has 0 amide bonds. The molecule has 0 aliphatic rings. The first kappa shape index (κ1) is 13.9. The van der Waals surface area contributed by atoms with Crippen molar-refractivity contribution in [1.82, 2.24) is 0 Å². The first-order chi connectivity index (χ1) is 7.70. The van der Waals surface area contributed by atoms with E-state index < -0.39 is 10.5 Å². The number of hydrogen-bond acceptors (Lipinski definition) is 4. The van der Waals surface area contributed by atoms with Gasteiger partial charge in [0, 0.05) is 28.3 Å². The molecule has 0 atom stereocenters. The van der Waals surface area contributed by atoms with Gasteiger partial charge in [0.2, 0.25) is 0 Å². The number of anilines is 1. The summed E-state index contributed by atoms with van der Waals surface area (Å²) in [6, 6.07) is 3.15. The van der Waals surface area contributed by atoms with Gasteiger partial charge in [-0.25, -0.2) is 0 Å². The molecular formula is C11H15BrN2O3. The second-order valence-corrected chi connectivity index (χ2v) is 5.40. The Kier molecular flexibility index (Phi) is 4.11. The zero-order valence-electron chi connectivity index (χ0n) is 9.95. The fourth-order valence-corrected chi connectivity index (χ4v) is 1.79. The quantitative estimate of drug-likeness (QED) is 0.662. The fraction of sp³-hybridized carbons (Fsp3) is 0.455. The fourth-order valence-electron chi connectivity index (χ4n) is 1.31. The molecule has 1 rings (SSSR count). The number of nitro groups is 1. The maximum atomic E-state index is 10.7. The summed E-state index contributed by atoms with van der Waals surface area (Å²) in [5, 5.41) is 23.4. The maximum Gasteiger partial charge on any atom is 0.273 e. The predicted molar refractivity (Wildman–Crippen MR) is 70.3 cm³/mol. The lowest BCUT2D eigenvalue weighted by molar-refractivity contribution is -0.385. The largest absolute Gasteiger partial charge is 0.389 e. The molecule has 94 valence electrons. The number of aliphatic hydroxyl groups is 1. The third kappa shape index (κ3) is 3.98. The summed E-state index contributed by atoms with van der Waals surface area (Å²) in [6.45, 7) is 5.42. The van der Waals surface area contributed by atoms with Gasteiger partial charge in [0.25, 0.3) is 5.69 Å². The van der Waals surface area contributed by atoms with Crippen LogP contribution in [0.3, 0.4) is 0 Å². The number of benzene rings is 1. The number of halogens is 1. The van der Waals surface area contributed by atoms with Crippen LogP contribution in [0.4, 0.5) is 11.4 Å². The van der Waals surface area contributed by atoms with Crippen molar-refractivity contribution in [3.63, 3.8) is 0 Å². The van der Waals surface area contributed by atoms with Crippen LogP contribution < -0.4 is 5.32 Å². The van der Waals surface area contributed by atoms with Crippen molar-refractivity contribution in [2.45, 2.75) is 26.4 Å². The lowest BCUT2D eigenvalue weighted by Gasteiger charge is -2.19. The molecule has 0 saturated heterocycles. The molecule has 0 aliphatic heterocycles. The van der Waals surface area contributed by atoms with Crippen molar-refractivity contribution >= 4 is 27.3 Å². The Bertz CT molecular complexity index is 441. The van der Waals surface area contributed by atoms with Crippen molar-refractivity contribution in [3.05, 3.63) is 32.3 Å². The maximum absolute atomic E-state index is 10.7. The molecule has 0 unspecified atom stereocenters. The average molecular weight is 303 g/mol. The molecule has 0 fully saturated rings. The zero-order valence-corrected chi connectivity index (χ0v) is 11.5. The minimum atomic E-state index is -0.838. The van der Waals surface area contributed by atoms with Gasteiger partial charge in [-0.2, -0.15) is 0 Å². The van der Waals surface area contributed by atoms with Gasteiger partial charge in [-0.15, -0.1) is 0 Å². The lowest BCUT2D eigenvalue weighted by atomic mass is 10.1. The Morgan fingerprint density at radius 3 is 2.59 bits per heavy atom. The van der Waals surface area contributed by atoms with Gasteiger partial charge in [0.15, 0.2) is 0 Å². The van der Waals surface area contributed by atoms with E-state index in [1.807, 2.05) is 0 Å². The summed E-state index contributed by atoms with van der Waals surface area (Å²) in [6.07, 6.45) is 0. The number of hydrogen-bond donors (Lipinski definition) is 2. The number of aryl methyl sites for hydroxylation is 1. The first-order valence-corrected chi connectivity index (χ1v) is 5.91. The number of rotatable bonds is 4. The molecule has 2 N–H and O–H groups in total. The van der Waals surface area contributed by atoms with E-state index in [9.17, 15) is 15.2 Å². The van der Waals surface area contributed by atoms with Crippen molar-refractivity contribution in [3.8, 4) is 0 Å². The predicted octanol–water partition coefficient (Wildman–Crippen LogP) is 2.85. The van der Waals surface area contributed by atoms with Crippen LogP contribution in [0.25, 0.3) is 0 Å². The Balaban J connectivity index is 2.96. The van der Waals surface area contributed by atoms with Gasteiger partial charge in [-0.3, -0.25) is 10.1 Å². The zero-order chi connectivity index (χ0) is 13.2. The summed E-state index contributed by atoms with van der Waals surface area (Å²) in [4.78, 5) is 10.3. The topological polar surface area (TPSA) is 75.4 Å². The first-order valence-electron chi connectivity index (χ1n) is 5.11. The Morgan fingerprint density at radius 2 is 2.12 bits per heavy atom. The third-order valence-corrected chi connectivity index (χ3v) is 2.85. The van der Waals surface area contributed by atoms with E-state index in [2.05, 4.69) is 21.2 Å². The molecule has 1 aromatic carbocycles. The van der Waals surface area contributed by atoms with E-state index in [0.717, 1.165) is 5.69 Å². The molecule has 0 saturated carbocycles. The standard InChI is InChI=1S/C11H15BrN2O3/c1-7-4-9(13-6-11(2,3)15)8(12)5-10(7)14(16)17/h4-5,13,15H,6H2,1-3H3. The van der Waals surface area contributed by atoms with Crippen LogP contribution in [-0.2, 0) is 0 Å². The van der Waals surface area contributed by atoms with E-state index in [1.165, 1.54) is 6.07 Å². The molecule has 0 bridgehead atoms. The SMILES string of the molecule is Cc1cc(NCC(C)(C)O)c(Br)cc1[N+](=O)[O-]. The van der Waals surface area contributed by atoms with Crippen LogP contribution in [0.15, 0.2) is 16.6 Å². The highest BCUT2D eigenvalue weighted by molar-refractivity contribution is 9.10. The Morgan fingerprint density at radius 1 is 1.53 bits per heavy atom. The van der Waals surface area contributed by atoms with E-state index in [1.54, 1.807) is 26.8 Å².